The predicted octanol–water partition coefficient (Wildman–Crippen LogP) is 3.57. The fourth-order valence-electron chi connectivity index (χ4n) is 2.81. The molecule has 1 N–H and O–H groups in total. The van der Waals surface area contributed by atoms with E-state index in [0.29, 0.717) is 0 Å². The molecule has 1 atom stereocenters. The normalized spacial score (nSPS) is 22.5. The van der Waals surface area contributed by atoms with Crippen LogP contribution in [0, 0.1) is 12.3 Å². The summed E-state index contributed by atoms with van der Waals surface area (Å²) in [4.78, 5) is 0. The molecule has 1 aromatic carbocycles. The Labute approximate surface area is 109 Å². The topological polar surface area (TPSA) is 29.5 Å². The fourth-order valence-corrected chi connectivity index (χ4v) is 2.81. The van der Waals surface area contributed by atoms with Crippen LogP contribution in [0.3, 0.4) is 0 Å². The summed E-state index contributed by atoms with van der Waals surface area (Å²) in [5.74, 6) is 0.882. The minimum Gasteiger partial charge on any atom is -0.497 e. The third-order valence-corrected chi connectivity index (χ3v) is 3.60. The number of allylic oxidation sites excluding steroid dienone is 1. The summed E-state index contributed by atoms with van der Waals surface area (Å²) in [6, 6.07) is 6.12. The van der Waals surface area contributed by atoms with Crippen LogP contribution in [-0.4, -0.2) is 18.3 Å². The van der Waals surface area contributed by atoms with Crippen LogP contribution in [0.15, 0.2) is 24.3 Å². The quantitative estimate of drug-likeness (QED) is 0.864. The molecular weight excluding hydrogens is 224 g/mol. The van der Waals surface area contributed by atoms with Gasteiger partial charge in [0.25, 0.3) is 0 Å². The van der Waals surface area contributed by atoms with E-state index in [1.165, 1.54) is 16.7 Å². The van der Waals surface area contributed by atoms with Crippen LogP contribution in [0.25, 0.3) is 5.57 Å². The van der Waals surface area contributed by atoms with E-state index in [9.17, 15) is 5.11 Å². The van der Waals surface area contributed by atoms with Crippen molar-refractivity contribution in [2.24, 2.45) is 5.41 Å². The first-order chi connectivity index (χ1) is 8.41. The van der Waals surface area contributed by atoms with Crippen molar-refractivity contribution in [3.63, 3.8) is 0 Å². The molecule has 2 nitrogen and oxygen atoms in total. The van der Waals surface area contributed by atoms with Crippen molar-refractivity contribution in [3.05, 3.63) is 35.4 Å². The molecule has 0 saturated heterocycles. The summed E-state index contributed by atoms with van der Waals surface area (Å²) < 4.78 is 5.23. The summed E-state index contributed by atoms with van der Waals surface area (Å²) >= 11 is 0. The smallest absolute Gasteiger partial charge is 0.119 e. The van der Waals surface area contributed by atoms with Crippen LogP contribution < -0.4 is 4.74 Å². The molecule has 0 saturated carbocycles. The zero-order valence-corrected chi connectivity index (χ0v) is 11.7. The van der Waals surface area contributed by atoms with Crippen LogP contribution in [0.4, 0.5) is 0 Å². The third-order valence-electron chi connectivity index (χ3n) is 3.60. The van der Waals surface area contributed by atoms with E-state index in [4.69, 9.17) is 4.74 Å². The number of aliphatic hydroxyl groups is 1. The van der Waals surface area contributed by atoms with Gasteiger partial charge in [-0.05, 0) is 54.0 Å². The SMILES string of the molecule is COc1ccc(C2=CC(O)CC(C)(C)C2)c(C)c1. The molecule has 2 heteroatoms. The molecule has 18 heavy (non-hydrogen) atoms. The number of hydrogen-bond donors (Lipinski definition) is 1. The first-order valence-corrected chi connectivity index (χ1v) is 6.45. The van der Waals surface area contributed by atoms with Gasteiger partial charge in [-0.15, -0.1) is 0 Å². The van der Waals surface area contributed by atoms with E-state index in [1.54, 1.807) is 7.11 Å². The summed E-state index contributed by atoms with van der Waals surface area (Å²) in [6.45, 7) is 6.51. The molecule has 0 amide bonds. The van der Waals surface area contributed by atoms with Gasteiger partial charge in [0.05, 0.1) is 13.2 Å². The van der Waals surface area contributed by atoms with Crippen molar-refractivity contribution >= 4 is 5.57 Å². The molecule has 0 aromatic heterocycles. The molecule has 2 rings (SSSR count). The van der Waals surface area contributed by atoms with Gasteiger partial charge in [0.2, 0.25) is 0 Å². The Morgan fingerprint density at radius 2 is 2.06 bits per heavy atom. The number of methoxy groups -OCH3 is 1. The number of rotatable bonds is 2. The van der Waals surface area contributed by atoms with E-state index in [2.05, 4.69) is 26.8 Å². The van der Waals surface area contributed by atoms with Gasteiger partial charge in [-0.25, -0.2) is 0 Å². The van der Waals surface area contributed by atoms with E-state index in [1.807, 2.05) is 18.2 Å². The van der Waals surface area contributed by atoms with Gasteiger partial charge in [0, 0.05) is 0 Å². The molecular formula is C16H22O2. The largest absolute Gasteiger partial charge is 0.497 e. The van der Waals surface area contributed by atoms with Gasteiger partial charge < -0.3 is 9.84 Å². The minimum absolute atomic E-state index is 0.163. The van der Waals surface area contributed by atoms with Crippen molar-refractivity contribution in [1.82, 2.24) is 0 Å². The lowest BCUT2D eigenvalue weighted by atomic mass is 9.74. The fraction of sp³-hybridized carbons (Fsp3) is 0.500. The van der Waals surface area contributed by atoms with Gasteiger partial charge in [-0.3, -0.25) is 0 Å². The minimum atomic E-state index is -0.328. The first kappa shape index (κ1) is 13.2. The van der Waals surface area contributed by atoms with Crippen molar-refractivity contribution < 1.29 is 9.84 Å². The number of hydrogen-bond acceptors (Lipinski definition) is 2. The maximum Gasteiger partial charge on any atom is 0.119 e. The summed E-state index contributed by atoms with van der Waals surface area (Å²) in [7, 11) is 1.68. The lowest BCUT2D eigenvalue weighted by Gasteiger charge is -2.33. The Morgan fingerprint density at radius 1 is 1.33 bits per heavy atom. The molecule has 0 fully saturated rings. The number of benzene rings is 1. The lowest BCUT2D eigenvalue weighted by Crippen LogP contribution is -2.24. The van der Waals surface area contributed by atoms with Crippen molar-refractivity contribution in [3.8, 4) is 5.75 Å². The standard InChI is InChI=1S/C16H22O2/c1-11-7-14(18-4)5-6-15(11)12-8-13(17)10-16(2,3)9-12/h5-8,13,17H,9-10H2,1-4H3. The molecule has 0 spiro atoms. The number of aryl methyl sites for hydroxylation is 1. The molecule has 1 unspecified atom stereocenters. The Morgan fingerprint density at radius 3 is 2.61 bits per heavy atom. The highest BCUT2D eigenvalue weighted by Crippen LogP contribution is 2.40. The average Bonchev–Trinajstić information content (AvgIpc) is 2.25. The zero-order valence-electron chi connectivity index (χ0n) is 11.7. The van der Waals surface area contributed by atoms with E-state index in [-0.39, 0.29) is 11.5 Å². The summed E-state index contributed by atoms with van der Waals surface area (Å²) in [5.41, 5.74) is 3.84. The Bertz CT molecular complexity index is 472. The molecule has 1 aliphatic rings. The average molecular weight is 246 g/mol. The molecule has 98 valence electrons. The highest BCUT2D eigenvalue weighted by molar-refractivity contribution is 5.70. The van der Waals surface area contributed by atoms with Crippen LogP contribution >= 0.6 is 0 Å². The number of aliphatic hydroxyl groups excluding tert-OH is 1. The van der Waals surface area contributed by atoms with Crippen LogP contribution in [0.2, 0.25) is 0 Å². The Balaban J connectivity index is 2.37. The first-order valence-electron chi connectivity index (χ1n) is 6.45. The zero-order chi connectivity index (χ0) is 13.3. The van der Waals surface area contributed by atoms with Gasteiger partial charge >= 0.3 is 0 Å². The Kier molecular flexibility index (Phi) is 3.49. The highest BCUT2D eigenvalue weighted by atomic mass is 16.5. The molecule has 0 radical (unpaired) electrons. The number of ether oxygens (including phenoxy) is 1. The van der Waals surface area contributed by atoms with Gasteiger partial charge in [0.1, 0.15) is 5.75 Å². The summed E-state index contributed by atoms with van der Waals surface area (Å²) in [5, 5.41) is 9.97. The van der Waals surface area contributed by atoms with E-state index in [0.717, 1.165) is 18.6 Å². The van der Waals surface area contributed by atoms with E-state index < -0.39 is 0 Å². The van der Waals surface area contributed by atoms with Crippen LogP contribution in [0.1, 0.15) is 37.8 Å². The molecule has 0 bridgehead atoms. The molecule has 1 aliphatic carbocycles. The maximum absolute atomic E-state index is 9.97. The summed E-state index contributed by atoms with van der Waals surface area (Å²) in [6.07, 6.45) is 3.52. The molecule has 1 aromatic rings. The predicted molar refractivity (Wildman–Crippen MR) is 74.7 cm³/mol. The van der Waals surface area contributed by atoms with Crippen molar-refractivity contribution in [1.29, 1.82) is 0 Å². The monoisotopic (exact) mass is 246 g/mol. The van der Waals surface area contributed by atoms with Gasteiger partial charge in [0.15, 0.2) is 0 Å². The van der Waals surface area contributed by atoms with Gasteiger partial charge in [-0.1, -0.05) is 26.0 Å². The van der Waals surface area contributed by atoms with E-state index >= 15 is 0 Å². The molecule has 0 heterocycles. The third kappa shape index (κ3) is 2.75. The highest BCUT2D eigenvalue weighted by Gasteiger charge is 2.28. The second-order valence-corrected chi connectivity index (χ2v) is 5.99. The van der Waals surface area contributed by atoms with Crippen LogP contribution in [0.5, 0.6) is 5.75 Å². The Hall–Kier alpha value is -1.28. The van der Waals surface area contributed by atoms with Gasteiger partial charge in [-0.2, -0.15) is 0 Å². The lowest BCUT2D eigenvalue weighted by molar-refractivity contribution is 0.146. The second kappa shape index (κ2) is 4.77. The van der Waals surface area contributed by atoms with Crippen molar-refractivity contribution in [2.75, 3.05) is 7.11 Å². The molecule has 0 aliphatic heterocycles. The van der Waals surface area contributed by atoms with Crippen LogP contribution in [-0.2, 0) is 0 Å². The van der Waals surface area contributed by atoms with Crippen molar-refractivity contribution in [2.45, 2.75) is 39.7 Å². The second-order valence-electron chi connectivity index (χ2n) is 5.99. The maximum atomic E-state index is 9.97.